The molecule has 2 heterocycles. The first-order chi connectivity index (χ1) is 16.0. The van der Waals surface area contributed by atoms with Crippen molar-refractivity contribution in [3.05, 3.63) is 59.9 Å². The van der Waals surface area contributed by atoms with Gasteiger partial charge in [-0.2, -0.15) is 5.26 Å². The fraction of sp³-hybridized carbons (Fsp3) is 0.481. The van der Waals surface area contributed by atoms with Gasteiger partial charge in [-0.25, -0.2) is 9.37 Å². The highest BCUT2D eigenvalue weighted by Crippen LogP contribution is 2.37. The number of halogens is 1. The number of aromatic nitrogens is 2. The lowest BCUT2D eigenvalue weighted by molar-refractivity contribution is 0.238. The second kappa shape index (κ2) is 11.3. The Hall–Kier alpha value is -2.91. The summed E-state index contributed by atoms with van der Waals surface area (Å²) in [4.78, 5) is 12.9. The van der Waals surface area contributed by atoms with Crippen LogP contribution in [0.3, 0.4) is 0 Å². The van der Waals surface area contributed by atoms with Crippen molar-refractivity contribution in [1.29, 1.82) is 5.26 Å². The van der Waals surface area contributed by atoms with Gasteiger partial charge in [-0.05, 0) is 55.1 Å². The summed E-state index contributed by atoms with van der Waals surface area (Å²) in [6.07, 6.45) is 1.64. The minimum atomic E-state index is -0.655. The molecule has 4 rings (SSSR count). The number of hydrogen-bond acceptors (Lipinski definition) is 4. The maximum atomic E-state index is 13.8. The summed E-state index contributed by atoms with van der Waals surface area (Å²) in [5, 5.41) is 10.0. The topological polar surface area (TPSA) is 59.0 Å². The number of nitriles is 1. The van der Waals surface area contributed by atoms with Crippen LogP contribution in [0.15, 0.2) is 48.5 Å². The molecule has 2 aromatic carbocycles. The highest BCUT2D eigenvalue weighted by molar-refractivity contribution is 5.77. The molecule has 0 bridgehead atoms. The van der Waals surface area contributed by atoms with E-state index in [2.05, 4.69) is 40.8 Å². The fourth-order valence-electron chi connectivity index (χ4n) is 4.64. The van der Waals surface area contributed by atoms with Crippen molar-refractivity contribution in [2.75, 3.05) is 37.6 Å². The molecule has 5 nitrogen and oxygen atoms in total. The molecule has 0 radical (unpaired) electrons. The van der Waals surface area contributed by atoms with Crippen LogP contribution in [0.5, 0.6) is 0 Å². The van der Waals surface area contributed by atoms with Crippen LogP contribution < -0.4 is 4.90 Å². The Morgan fingerprint density at radius 3 is 2.45 bits per heavy atom. The van der Waals surface area contributed by atoms with Gasteiger partial charge >= 0.3 is 0 Å². The number of piperazine rings is 1. The number of nitrogens with one attached hydrogen (secondary N) is 1. The Morgan fingerprint density at radius 2 is 1.82 bits per heavy atom. The minimum absolute atomic E-state index is 0.115. The molecule has 1 aromatic heterocycles. The van der Waals surface area contributed by atoms with Gasteiger partial charge < -0.3 is 9.88 Å². The number of rotatable bonds is 7. The second-order valence-corrected chi connectivity index (χ2v) is 8.76. The molecule has 3 aromatic rings. The van der Waals surface area contributed by atoms with E-state index in [9.17, 15) is 9.65 Å². The van der Waals surface area contributed by atoms with Gasteiger partial charge in [-0.1, -0.05) is 52.0 Å². The zero-order valence-electron chi connectivity index (χ0n) is 20.3. The lowest BCUT2D eigenvalue weighted by atomic mass is 9.70. The molecule has 6 heteroatoms. The quantitative estimate of drug-likeness (QED) is 0.499. The van der Waals surface area contributed by atoms with Crippen LogP contribution in [0.2, 0.25) is 0 Å². The molecule has 1 atom stereocenters. The molecule has 176 valence electrons. The van der Waals surface area contributed by atoms with Crippen LogP contribution in [0.1, 0.15) is 46.1 Å². The number of benzene rings is 2. The molecule has 0 spiro atoms. The predicted molar refractivity (Wildman–Crippen MR) is 134 cm³/mol. The summed E-state index contributed by atoms with van der Waals surface area (Å²) in [6.45, 7) is 12.9. The van der Waals surface area contributed by atoms with E-state index in [1.807, 2.05) is 38.1 Å². The molecule has 0 aliphatic carbocycles. The van der Waals surface area contributed by atoms with E-state index >= 15 is 0 Å². The minimum Gasteiger partial charge on any atom is -0.340 e. The van der Waals surface area contributed by atoms with Gasteiger partial charge in [0.15, 0.2) is 0 Å². The van der Waals surface area contributed by atoms with E-state index < -0.39 is 5.41 Å². The van der Waals surface area contributed by atoms with E-state index in [4.69, 9.17) is 4.98 Å². The average Bonchev–Trinajstić information content (AvgIpc) is 3.28. The number of aromatic amines is 1. The summed E-state index contributed by atoms with van der Waals surface area (Å²) in [5.41, 5.74) is 2.20. The van der Waals surface area contributed by atoms with Crippen LogP contribution in [0, 0.1) is 23.1 Å². The molecule has 1 N–H and O–H groups in total. The van der Waals surface area contributed by atoms with Crippen molar-refractivity contribution < 1.29 is 4.39 Å². The van der Waals surface area contributed by atoms with Crippen LogP contribution in [-0.2, 0) is 5.41 Å². The third-order valence-corrected chi connectivity index (χ3v) is 6.62. The standard InChI is InChI=1S/C25H30FN5.C2H6/c1-19(2)25(18-27,20-7-5-8-21(26)17-20)11-6-12-30-13-15-31(16-14-30)24-28-22-9-3-4-10-23(22)29-24;1-2/h3-5,7-10,17,19H,6,11-16H2,1-2H3,(H,28,29);1-2H3. The SMILES string of the molecule is CC.CC(C)C(C#N)(CCCN1CCN(c2nc3ccccc3[nH]2)CC1)c1cccc(F)c1. The number of nitrogens with zero attached hydrogens (tertiary/aromatic N) is 4. The van der Waals surface area contributed by atoms with Gasteiger partial charge in [0.1, 0.15) is 5.82 Å². The highest BCUT2D eigenvalue weighted by Gasteiger charge is 2.36. The van der Waals surface area contributed by atoms with Crippen molar-refractivity contribution in [1.82, 2.24) is 14.9 Å². The Morgan fingerprint density at radius 1 is 1.09 bits per heavy atom. The van der Waals surface area contributed by atoms with Crippen LogP contribution >= 0.6 is 0 Å². The Bertz CT molecular complexity index is 1030. The summed E-state index contributed by atoms with van der Waals surface area (Å²) < 4.78 is 13.8. The lowest BCUT2D eigenvalue weighted by Gasteiger charge is -2.36. The molecule has 0 saturated carbocycles. The van der Waals surface area contributed by atoms with Crippen LogP contribution in [0.4, 0.5) is 10.3 Å². The average molecular weight is 450 g/mol. The first-order valence-corrected chi connectivity index (χ1v) is 12.1. The molecule has 1 aliphatic heterocycles. The fourth-order valence-corrected chi connectivity index (χ4v) is 4.64. The molecule has 1 fully saturated rings. The van der Waals surface area contributed by atoms with Crippen molar-refractivity contribution in [2.24, 2.45) is 5.92 Å². The Kier molecular flexibility index (Phi) is 8.46. The largest absolute Gasteiger partial charge is 0.340 e. The van der Waals surface area contributed by atoms with Crippen molar-refractivity contribution >= 4 is 17.0 Å². The highest BCUT2D eigenvalue weighted by atomic mass is 19.1. The Balaban J connectivity index is 0.00000149. The van der Waals surface area contributed by atoms with E-state index in [1.165, 1.54) is 12.1 Å². The third-order valence-electron chi connectivity index (χ3n) is 6.62. The van der Waals surface area contributed by atoms with Crippen molar-refractivity contribution in [2.45, 2.75) is 46.0 Å². The van der Waals surface area contributed by atoms with Crippen LogP contribution in [-0.4, -0.2) is 47.6 Å². The summed E-state index contributed by atoms with van der Waals surface area (Å²) >= 11 is 0. The Labute approximate surface area is 197 Å². The normalized spacial score (nSPS) is 16.2. The van der Waals surface area contributed by atoms with Gasteiger partial charge in [0.2, 0.25) is 5.95 Å². The molecule has 0 amide bonds. The zero-order valence-corrected chi connectivity index (χ0v) is 20.3. The van der Waals surface area contributed by atoms with E-state index in [-0.39, 0.29) is 11.7 Å². The van der Waals surface area contributed by atoms with Gasteiger partial charge in [-0.15, -0.1) is 0 Å². The monoisotopic (exact) mass is 449 g/mol. The smallest absolute Gasteiger partial charge is 0.203 e. The molecule has 1 aliphatic rings. The van der Waals surface area contributed by atoms with Crippen LogP contribution in [0.25, 0.3) is 11.0 Å². The third kappa shape index (κ3) is 5.54. The van der Waals surface area contributed by atoms with Crippen molar-refractivity contribution in [3.63, 3.8) is 0 Å². The lowest BCUT2D eigenvalue weighted by Crippen LogP contribution is -2.47. The predicted octanol–water partition coefficient (Wildman–Crippen LogP) is 5.75. The first kappa shape index (κ1) is 24.7. The van der Waals surface area contributed by atoms with Crippen molar-refractivity contribution in [3.8, 4) is 6.07 Å². The number of imidazole rings is 1. The van der Waals surface area contributed by atoms with E-state index in [0.717, 1.165) is 68.1 Å². The number of hydrogen-bond donors (Lipinski definition) is 1. The zero-order chi connectivity index (χ0) is 23.8. The number of fused-ring (bicyclic) bond motifs is 1. The maximum absolute atomic E-state index is 13.8. The molecule has 33 heavy (non-hydrogen) atoms. The molecular weight excluding hydrogens is 413 g/mol. The summed E-state index contributed by atoms with van der Waals surface area (Å²) in [5.74, 6) is 0.777. The van der Waals surface area contributed by atoms with E-state index in [0.29, 0.717) is 0 Å². The second-order valence-electron chi connectivity index (χ2n) is 8.76. The molecular formula is C27H36FN5. The molecule has 1 saturated heterocycles. The molecule has 1 unspecified atom stereocenters. The number of anilines is 1. The maximum Gasteiger partial charge on any atom is 0.203 e. The van der Waals surface area contributed by atoms with Gasteiger partial charge in [-0.3, -0.25) is 4.90 Å². The summed E-state index contributed by atoms with van der Waals surface area (Å²) in [6, 6.07) is 17.2. The number of para-hydroxylation sites is 2. The van der Waals surface area contributed by atoms with Gasteiger partial charge in [0.25, 0.3) is 0 Å². The van der Waals surface area contributed by atoms with E-state index in [1.54, 1.807) is 6.07 Å². The number of H-pyrrole nitrogens is 1. The van der Waals surface area contributed by atoms with Gasteiger partial charge in [0.05, 0.1) is 22.5 Å². The van der Waals surface area contributed by atoms with Gasteiger partial charge in [0, 0.05) is 26.2 Å². The first-order valence-electron chi connectivity index (χ1n) is 12.1. The summed E-state index contributed by atoms with van der Waals surface area (Å²) in [7, 11) is 0.